The molecule has 0 atom stereocenters. The lowest BCUT2D eigenvalue weighted by atomic mass is 10.1. The molecule has 0 N–H and O–H groups in total. The molecule has 0 amide bonds. The lowest BCUT2D eigenvalue weighted by Gasteiger charge is -2.09. The molecule has 0 spiro atoms. The molecule has 278 valence electrons. The molecule has 0 saturated carbocycles. The molecule has 15 heteroatoms. The van der Waals surface area contributed by atoms with Crippen LogP contribution in [0, 0.1) is 0 Å². The van der Waals surface area contributed by atoms with Crippen molar-refractivity contribution in [3.63, 3.8) is 0 Å². The van der Waals surface area contributed by atoms with E-state index in [1.165, 1.54) is 0 Å². The Kier molecular flexibility index (Phi) is 33.1. The van der Waals surface area contributed by atoms with E-state index in [1.807, 2.05) is 0 Å². The molecule has 0 aromatic heterocycles. The van der Waals surface area contributed by atoms with Gasteiger partial charge in [-0.1, -0.05) is 30.3 Å². The van der Waals surface area contributed by atoms with E-state index >= 15 is 0 Å². The monoisotopic (exact) mass is 692 g/mol. The quantitative estimate of drug-likeness (QED) is 0.0422. The Labute approximate surface area is 284 Å². The van der Waals surface area contributed by atoms with Gasteiger partial charge >= 0.3 is 5.97 Å². The molecule has 1 aromatic rings. The van der Waals surface area contributed by atoms with E-state index < -0.39 is 11.8 Å². The van der Waals surface area contributed by atoms with Crippen LogP contribution in [0.3, 0.4) is 0 Å². The molecule has 1 rings (SSSR count). The number of carbonyl (C=O) groups is 2. The number of esters is 1. The fraction of sp³-hybridized carbons (Fsp3) is 0.758. The van der Waals surface area contributed by atoms with E-state index in [-0.39, 0.29) is 13.2 Å². The summed E-state index contributed by atoms with van der Waals surface area (Å²) in [6, 6.07) is 8.25. The van der Waals surface area contributed by atoms with Crippen LogP contribution in [-0.4, -0.2) is 177 Å². The molecule has 0 heterocycles. The number of hydrogen-bond donors (Lipinski definition) is 0. The molecule has 0 aliphatic carbocycles. The summed E-state index contributed by atoms with van der Waals surface area (Å²) in [5.74, 6) is -1.57. The van der Waals surface area contributed by atoms with Crippen LogP contribution in [0.5, 0.6) is 0 Å². The topological polar surface area (TPSA) is 154 Å². The van der Waals surface area contributed by atoms with E-state index in [1.54, 1.807) is 37.4 Å². The molecule has 0 aliphatic rings. The van der Waals surface area contributed by atoms with Crippen molar-refractivity contribution >= 4 is 11.8 Å². The molecule has 48 heavy (non-hydrogen) atoms. The fourth-order valence-electron chi connectivity index (χ4n) is 3.41. The van der Waals surface area contributed by atoms with Crippen molar-refractivity contribution < 1.29 is 71.2 Å². The van der Waals surface area contributed by atoms with Gasteiger partial charge in [0.05, 0.1) is 152 Å². The number of ether oxygens (including phenoxy) is 13. The number of Topliss-reactive ketones (excluding diaryl/α,β-unsaturated/α-hetero) is 1. The molecule has 0 fully saturated rings. The summed E-state index contributed by atoms with van der Waals surface area (Å²) in [6.07, 6.45) is 0. The highest BCUT2D eigenvalue weighted by Crippen LogP contribution is 2.01. The minimum absolute atomic E-state index is 0.00349. The van der Waals surface area contributed by atoms with Crippen molar-refractivity contribution in [2.24, 2.45) is 0 Å². The Hall–Kier alpha value is -2.12. The summed E-state index contributed by atoms with van der Waals surface area (Å²) in [4.78, 5) is 23.6. The maximum absolute atomic E-state index is 11.9. The van der Waals surface area contributed by atoms with Gasteiger partial charge in [-0.05, 0) is 0 Å². The highest BCUT2D eigenvalue weighted by molar-refractivity contribution is 6.40. The van der Waals surface area contributed by atoms with Gasteiger partial charge in [0.2, 0.25) is 0 Å². The lowest BCUT2D eigenvalue weighted by Crippen LogP contribution is -2.20. The second kappa shape index (κ2) is 36.2. The molecule has 1 aromatic carbocycles. The van der Waals surface area contributed by atoms with Gasteiger partial charge in [0, 0.05) is 12.7 Å². The zero-order chi connectivity index (χ0) is 34.4. The first-order chi connectivity index (χ1) is 23.8. The van der Waals surface area contributed by atoms with Crippen molar-refractivity contribution in [2.45, 2.75) is 0 Å². The summed E-state index contributed by atoms with van der Waals surface area (Å²) in [6.45, 7) is 10.9. The van der Waals surface area contributed by atoms with Crippen molar-refractivity contribution in [1.29, 1.82) is 0 Å². The van der Waals surface area contributed by atoms with E-state index in [0.717, 1.165) is 0 Å². The summed E-state index contributed by atoms with van der Waals surface area (Å²) >= 11 is 0. The number of hydrogen-bond acceptors (Lipinski definition) is 15. The van der Waals surface area contributed by atoms with Gasteiger partial charge in [-0.3, -0.25) is 4.79 Å². The van der Waals surface area contributed by atoms with Crippen LogP contribution in [-0.2, 0) is 66.4 Å². The average molecular weight is 693 g/mol. The minimum Gasteiger partial charge on any atom is -0.457 e. The Bertz CT molecular complexity index is 831. The van der Waals surface area contributed by atoms with Gasteiger partial charge in [0.15, 0.2) is 0 Å². The van der Waals surface area contributed by atoms with Crippen LogP contribution in [0.15, 0.2) is 30.3 Å². The summed E-state index contributed by atoms with van der Waals surface area (Å²) < 4.78 is 69.4. The zero-order valence-corrected chi connectivity index (χ0v) is 28.5. The average Bonchev–Trinajstić information content (AvgIpc) is 3.11. The van der Waals surface area contributed by atoms with Crippen LogP contribution >= 0.6 is 0 Å². The maximum atomic E-state index is 11.9. The van der Waals surface area contributed by atoms with Crippen LogP contribution in [0.4, 0.5) is 0 Å². The smallest absolute Gasteiger partial charge is 0.379 e. The van der Waals surface area contributed by atoms with E-state index in [4.69, 9.17) is 61.6 Å². The Morgan fingerprint density at radius 3 is 0.896 bits per heavy atom. The van der Waals surface area contributed by atoms with Crippen molar-refractivity contribution in [3.05, 3.63) is 35.9 Å². The maximum Gasteiger partial charge on any atom is 0.379 e. The van der Waals surface area contributed by atoms with Gasteiger partial charge in [-0.2, -0.15) is 0 Å². The first kappa shape index (κ1) is 43.9. The minimum atomic E-state index is -0.898. The predicted octanol–water partition coefficient (Wildman–Crippen LogP) is 1.24. The van der Waals surface area contributed by atoms with Gasteiger partial charge in [0.25, 0.3) is 5.78 Å². The van der Waals surface area contributed by atoms with E-state index in [0.29, 0.717) is 151 Å². The first-order valence-electron chi connectivity index (χ1n) is 16.4. The second-order valence-electron chi connectivity index (χ2n) is 9.56. The molecule has 15 nitrogen and oxygen atoms in total. The highest BCUT2D eigenvalue weighted by Gasteiger charge is 2.17. The van der Waals surface area contributed by atoms with Gasteiger partial charge in [0.1, 0.15) is 6.61 Å². The lowest BCUT2D eigenvalue weighted by molar-refractivity contribution is -0.139. The van der Waals surface area contributed by atoms with Crippen LogP contribution in [0.25, 0.3) is 0 Å². The Balaban J connectivity index is 1.65. The predicted molar refractivity (Wildman–Crippen MR) is 173 cm³/mol. The summed E-state index contributed by atoms with van der Waals surface area (Å²) in [7, 11) is 1.64. The van der Waals surface area contributed by atoms with Crippen LogP contribution in [0.2, 0.25) is 0 Å². The standard InChI is InChI=1S/C33H56O15/c1-36-7-8-37-9-10-38-11-12-39-13-14-40-15-16-41-17-18-42-19-20-43-21-22-44-23-24-45-25-26-46-27-28-47-29-30-48-33(35)32(34)31-5-3-2-4-6-31/h2-6H,7-30H2,1H3. The molecular formula is C33H56O15. The van der Waals surface area contributed by atoms with Gasteiger partial charge in [-0.25, -0.2) is 4.79 Å². The zero-order valence-electron chi connectivity index (χ0n) is 28.5. The summed E-state index contributed by atoms with van der Waals surface area (Å²) in [5.41, 5.74) is 0.295. The third-order valence-electron chi connectivity index (χ3n) is 5.83. The Morgan fingerprint density at radius 2 is 0.625 bits per heavy atom. The number of benzene rings is 1. The summed E-state index contributed by atoms with van der Waals surface area (Å²) in [5, 5.41) is 0. The number of carbonyl (C=O) groups excluding carboxylic acids is 2. The number of methoxy groups -OCH3 is 1. The number of ketones is 1. The molecule has 0 aliphatic heterocycles. The van der Waals surface area contributed by atoms with Crippen LogP contribution < -0.4 is 0 Å². The molecule has 0 bridgehead atoms. The SMILES string of the molecule is COCCOCCOCCOCCOCCOCCOCCOCCOCCOCCOCCOCCOC(=O)C(=O)c1ccccc1. The normalized spacial score (nSPS) is 11.3. The third-order valence-corrected chi connectivity index (χ3v) is 5.83. The molecule has 0 radical (unpaired) electrons. The van der Waals surface area contributed by atoms with Crippen molar-refractivity contribution in [2.75, 3.05) is 166 Å². The second-order valence-corrected chi connectivity index (χ2v) is 9.56. The molecule has 0 unspecified atom stereocenters. The van der Waals surface area contributed by atoms with Gasteiger partial charge in [-0.15, -0.1) is 0 Å². The Morgan fingerprint density at radius 1 is 0.375 bits per heavy atom. The van der Waals surface area contributed by atoms with E-state index in [2.05, 4.69) is 0 Å². The largest absolute Gasteiger partial charge is 0.457 e. The highest BCUT2D eigenvalue weighted by atomic mass is 16.6. The van der Waals surface area contributed by atoms with E-state index in [9.17, 15) is 9.59 Å². The van der Waals surface area contributed by atoms with Crippen molar-refractivity contribution in [1.82, 2.24) is 0 Å². The van der Waals surface area contributed by atoms with Crippen LogP contribution in [0.1, 0.15) is 10.4 Å². The van der Waals surface area contributed by atoms with Crippen molar-refractivity contribution in [3.8, 4) is 0 Å². The first-order valence-corrected chi connectivity index (χ1v) is 16.4. The molecular weight excluding hydrogens is 636 g/mol. The van der Waals surface area contributed by atoms with Gasteiger partial charge < -0.3 is 61.6 Å². The fourth-order valence-corrected chi connectivity index (χ4v) is 3.41. The molecule has 0 saturated heterocycles. The third kappa shape index (κ3) is 30.0. The number of rotatable bonds is 38.